The number of nitrogens with zero attached hydrogens (tertiary/aromatic N) is 3. The highest BCUT2D eigenvalue weighted by molar-refractivity contribution is 7.99. The third kappa shape index (κ3) is 3.51. The topological polar surface area (TPSA) is 76.9 Å². The Morgan fingerprint density at radius 1 is 1.50 bits per heavy atom. The maximum Gasteiger partial charge on any atom is 0.254 e. The van der Waals surface area contributed by atoms with Crippen LogP contribution in [0.1, 0.15) is 37.1 Å². The van der Waals surface area contributed by atoms with Gasteiger partial charge in [0, 0.05) is 30.1 Å². The van der Waals surface area contributed by atoms with Crippen LogP contribution in [0, 0.1) is 6.92 Å². The molecule has 1 aliphatic heterocycles. The summed E-state index contributed by atoms with van der Waals surface area (Å²) in [6, 6.07) is 5.15. The molecular formula is C17H20N4O2S. The summed E-state index contributed by atoms with van der Waals surface area (Å²) in [5.74, 6) is 1.11. The molecular weight excluding hydrogens is 324 g/mol. The van der Waals surface area contributed by atoms with Gasteiger partial charge in [0.05, 0.1) is 6.04 Å². The van der Waals surface area contributed by atoms with Crippen molar-refractivity contribution in [2.24, 2.45) is 0 Å². The first-order chi connectivity index (χ1) is 11.6. The Labute approximate surface area is 144 Å². The first-order valence-electron chi connectivity index (χ1n) is 8.05. The van der Waals surface area contributed by atoms with Crippen LogP contribution in [0.5, 0.6) is 0 Å². The van der Waals surface area contributed by atoms with Gasteiger partial charge >= 0.3 is 0 Å². The molecule has 0 saturated heterocycles. The molecule has 0 bridgehead atoms. The van der Waals surface area contributed by atoms with E-state index in [1.54, 1.807) is 16.8 Å². The van der Waals surface area contributed by atoms with Gasteiger partial charge in [-0.2, -0.15) is 0 Å². The summed E-state index contributed by atoms with van der Waals surface area (Å²) in [5, 5.41) is 3.54. The van der Waals surface area contributed by atoms with Crippen LogP contribution in [-0.4, -0.2) is 26.2 Å². The summed E-state index contributed by atoms with van der Waals surface area (Å²) in [6.07, 6.45) is 3.64. The van der Waals surface area contributed by atoms with E-state index in [-0.39, 0.29) is 23.9 Å². The molecule has 2 aromatic heterocycles. The van der Waals surface area contributed by atoms with Crippen molar-refractivity contribution < 1.29 is 4.79 Å². The molecule has 24 heavy (non-hydrogen) atoms. The third-order valence-corrected chi connectivity index (χ3v) is 5.03. The number of anilines is 1. The fourth-order valence-corrected chi connectivity index (χ4v) is 3.91. The van der Waals surface area contributed by atoms with E-state index in [4.69, 9.17) is 0 Å². The molecule has 0 fully saturated rings. The Balaban J connectivity index is 1.74. The lowest BCUT2D eigenvalue weighted by Gasteiger charge is -2.14. The minimum Gasteiger partial charge on any atom is -0.310 e. The molecule has 0 radical (unpaired) electrons. The SMILES string of the molecule is CCCc1cc(=O)n2c(n1)SCC2CC(=O)Nc1ncccc1C. The van der Waals surface area contributed by atoms with Gasteiger partial charge in [0.1, 0.15) is 5.82 Å². The van der Waals surface area contributed by atoms with E-state index in [0.29, 0.717) is 11.6 Å². The molecule has 1 aliphatic rings. The predicted octanol–water partition coefficient (Wildman–Crippen LogP) is 2.57. The summed E-state index contributed by atoms with van der Waals surface area (Å²) in [7, 11) is 0. The van der Waals surface area contributed by atoms with E-state index in [1.807, 2.05) is 19.1 Å². The lowest BCUT2D eigenvalue weighted by molar-refractivity contribution is -0.116. The van der Waals surface area contributed by atoms with Crippen LogP contribution in [0.25, 0.3) is 0 Å². The number of pyridine rings is 1. The largest absolute Gasteiger partial charge is 0.310 e. The molecule has 7 heteroatoms. The van der Waals surface area contributed by atoms with Crippen LogP contribution in [-0.2, 0) is 11.2 Å². The highest BCUT2D eigenvalue weighted by Crippen LogP contribution is 2.32. The van der Waals surface area contributed by atoms with Gasteiger partial charge in [-0.3, -0.25) is 14.2 Å². The van der Waals surface area contributed by atoms with Crippen molar-refractivity contribution in [2.75, 3.05) is 11.1 Å². The number of aromatic nitrogens is 3. The zero-order chi connectivity index (χ0) is 17.1. The summed E-state index contributed by atoms with van der Waals surface area (Å²) >= 11 is 1.54. The molecule has 1 unspecified atom stereocenters. The van der Waals surface area contributed by atoms with Crippen LogP contribution < -0.4 is 10.9 Å². The summed E-state index contributed by atoms with van der Waals surface area (Å²) in [4.78, 5) is 33.4. The highest BCUT2D eigenvalue weighted by atomic mass is 32.2. The third-order valence-electron chi connectivity index (χ3n) is 3.94. The number of hydrogen-bond donors (Lipinski definition) is 1. The Kier molecular flexibility index (Phi) is 4.99. The average molecular weight is 344 g/mol. The monoisotopic (exact) mass is 344 g/mol. The Morgan fingerprint density at radius 2 is 2.33 bits per heavy atom. The number of amides is 1. The van der Waals surface area contributed by atoms with Gasteiger partial charge in [0.2, 0.25) is 5.91 Å². The number of fused-ring (bicyclic) bond motifs is 1. The average Bonchev–Trinajstić information content (AvgIpc) is 2.93. The molecule has 0 aromatic carbocycles. The van der Waals surface area contributed by atoms with Gasteiger partial charge in [-0.05, 0) is 25.0 Å². The molecule has 0 aliphatic carbocycles. The van der Waals surface area contributed by atoms with Crippen LogP contribution in [0.3, 0.4) is 0 Å². The molecule has 1 atom stereocenters. The number of nitrogens with one attached hydrogen (secondary N) is 1. The quantitative estimate of drug-likeness (QED) is 0.844. The molecule has 6 nitrogen and oxygen atoms in total. The second-order valence-electron chi connectivity index (χ2n) is 5.87. The van der Waals surface area contributed by atoms with Gasteiger partial charge in [0.15, 0.2) is 5.16 Å². The van der Waals surface area contributed by atoms with E-state index in [1.165, 1.54) is 11.8 Å². The van der Waals surface area contributed by atoms with Crippen LogP contribution >= 0.6 is 11.8 Å². The van der Waals surface area contributed by atoms with Gasteiger partial charge < -0.3 is 5.32 Å². The maximum absolute atomic E-state index is 12.4. The minimum absolute atomic E-state index is 0.0692. The first kappa shape index (κ1) is 16.7. The summed E-state index contributed by atoms with van der Waals surface area (Å²) in [6.45, 7) is 3.96. The van der Waals surface area contributed by atoms with Crippen molar-refractivity contribution in [1.29, 1.82) is 0 Å². The zero-order valence-electron chi connectivity index (χ0n) is 13.8. The van der Waals surface area contributed by atoms with E-state index in [2.05, 4.69) is 22.2 Å². The lowest BCUT2D eigenvalue weighted by atomic mass is 10.2. The molecule has 3 rings (SSSR count). The fourth-order valence-electron chi connectivity index (χ4n) is 2.75. The number of rotatable bonds is 5. The van der Waals surface area contributed by atoms with E-state index >= 15 is 0 Å². The highest BCUT2D eigenvalue weighted by Gasteiger charge is 2.27. The van der Waals surface area contributed by atoms with Crippen molar-refractivity contribution in [1.82, 2.24) is 14.5 Å². The molecule has 0 spiro atoms. The second-order valence-corrected chi connectivity index (χ2v) is 6.86. The van der Waals surface area contributed by atoms with Gasteiger partial charge in [-0.1, -0.05) is 31.2 Å². The first-order valence-corrected chi connectivity index (χ1v) is 9.03. The van der Waals surface area contributed by atoms with Crippen LogP contribution in [0.15, 0.2) is 34.3 Å². The van der Waals surface area contributed by atoms with Crippen molar-refractivity contribution >= 4 is 23.5 Å². The van der Waals surface area contributed by atoms with Crippen molar-refractivity contribution in [3.05, 3.63) is 46.0 Å². The normalized spacial score (nSPS) is 16.0. The Hall–Kier alpha value is -2.15. The molecule has 0 saturated carbocycles. The van der Waals surface area contributed by atoms with Gasteiger partial charge in [-0.25, -0.2) is 9.97 Å². The second kappa shape index (κ2) is 7.17. The summed E-state index contributed by atoms with van der Waals surface area (Å²) < 4.78 is 1.65. The van der Waals surface area contributed by atoms with Crippen molar-refractivity contribution in [2.45, 2.75) is 44.3 Å². The molecule has 3 heterocycles. The Bertz CT molecular complexity index is 818. The van der Waals surface area contributed by atoms with E-state index in [9.17, 15) is 9.59 Å². The number of thioether (sulfide) groups is 1. The number of hydrogen-bond acceptors (Lipinski definition) is 5. The van der Waals surface area contributed by atoms with Crippen molar-refractivity contribution in [3.63, 3.8) is 0 Å². The molecule has 1 N–H and O–H groups in total. The molecule has 126 valence electrons. The lowest BCUT2D eigenvalue weighted by Crippen LogP contribution is -2.28. The maximum atomic E-state index is 12.4. The van der Waals surface area contributed by atoms with Crippen LogP contribution in [0.4, 0.5) is 5.82 Å². The Morgan fingerprint density at radius 3 is 3.08 bits per heavy atom. The fraction of sp³-hybridized carbons (Fsp3) is 0.412. The number of carbonyl (C=O) groups excluding carboxylic acids is 1. The smallest absolute Gasteiger partial charge is 0.254 e. The van der Waals surface area contributed by atoms with E-state index in [0.717, 1.165) is 29.3 Å². The van der Waals surface area contributed by atoms with Gasteiger partial charge in [-0.15, -0.1) is 0 Å². The zero-order valence-corrected chi connectivity index (χ0v) is 14.6. The van der Waals surface area contributed by atoms with Crippen LogP contribution in [0.2, 0.25) is 0 Å². The predicted molar refractivity (Wildman–Crippen MR) is 94.5 cm³/mol. The van der Waals surface area contributed by atoms with Crippen molar-refractivity contribution in [3.8, 4) is 0 Å². The van der Waals surface area contributed by atoms with E-state index < -0.39 is 0 Å². The van der Waals surface area contributed by atoms with Gasteiger partial charge in [0.25, 0.3) is 5.56 Å². The molecule has 1 amide bonds. The minimum atomic E-state index is -0.162. The standard InChI is InChI=1S/C17H20N4O2S/c1-3-5-12-8-15(23)21-13(10-24-17(21)19-12)9-14(22)20-16-11(2)6-4-7-18-16/h4,6-8,13H,3,5,9-10H2,1-2H3,(H,18,20,22). The summed E-state index contributed by atoms with van der Waals surface area (Å²) in [5.41, 5.74) is 1.67. The number of carbonyl (C=O) groups is 1. The molecule has 2 aromatic rings. The number of aryl methyl sites for hydroxylation is 2.